The summed E-state index contributed by atoms with van der Waals surface area (Å²) >= 11 is 0. The average Bonchev–Trinajstić information content (AvgIpc) is 3.28. The van der Waals surface area contributed by atoms with Gasteiger partial charge in [-0.2, -0.15) is 0 Å². The van der Waals surface area contributed by atoms with Crippen LogP contribution in [-0.2, 0) is 27.8 Å². The minimum Gasteiger partial charge on any atom is -0.377 e. The Balaban J connectivity index is 1.48. The van der Waals surface area contributed by atoms with Crippen LogP contribution in [0.5, 0.6) is 0 Å². The number of halogens is 1. The molecule has 7 nitrogen and oxygen atoms in total. The number of nitrogens with zero attached hydrogens (tertiary/aromatic N) is 1. The third kappa shape index (κ3) is 6.51. The number of nitrogens with one attached hydrogen (secondary N) is 3. The molecule has 0 radical (unpaired) electrons. The molecule has 0 bridgehead atoms. The summed E-state index contributed by atoms with van der Waals surface area (Å²) in [5, 5.41) is 6.32. The van der Waals surface area contributed by atoms with Gasteiger partial charge in [-0.1, -0.05) is 24.3 Å². The van der Waals surface area contributed by atoms with Gasteiger partial charge in [-0.05, 0) is 48.2 Å². The summed E-state index contributed by atoms with van der Waals surface area (Å²) < 4.78 is 45.9. The van der Waals surface area contributed by atoms with Crippen LogP contribution in [0.25, 0.3) is 0 Å². The normalized spacial score (nSPS) is 17.1. The average molecular weight is 435 g/mol. The summed E-state index contributed by atoms with van der Waals surface area (Å²) in [5.41, 5.74) is 1.85. The highest BCUT2D eigenvalue weighted by atomic mass is 32.2. The number of sulfonamides is 1. The molecule has 0 amide bonds. The SMILES string of the molecule is CN=C(NCc1ccc(F)cc1)NCc1ccc(S(=O)(=O)NCC2CCCO2)cc1. The van der Waals surface area contributed by atoms with E-state index in [0.717, 1.165) is 24.0 Å². The maximum Gasteiger partial charge on any atom is 0.240 e. The molecule has 0 aliphatic carbocycles. The highest BCUT2D eigenvalue weighted by Gasteiger charge is 2.20. The van der Waals surface area contributed by atoms with E-state index < -0.39 is 10.0 Å². The number of hydrogen-bond donors (Lipinski definition) is 3. The second-order valence-corrected chi connectivity index (χ2v) is 8.80. The zero-order valence-corrected chi connectivity index (χ0v) is 17.7. The second-order valence-electron chi connectivity index (χ2n) is 7.04. The highest BCUT2D eigenvalue weighted by Crippen LogP contribution is 2.14. The topological polar surface area (TPSA) is 91.8 Å². The Hall–Kier alpha value is -2.49. The Morgan fingerprint density at radius 2 is 1.67 bits per heavy atom. The van der Waals surface area contributed by atoms with Gasteiger partial charge in [-0.15, -0.1) is 0 Å². The van der Waals surface area contributed by atoms with Crippen molar-refractivity contribution in [2.75, 3.05) is 20.2 Å². The minimum absolute atomic E-state index is 0.0441. The van der Waals surface area contributed by atoms with Gasteiger partial charge in [0.15, 0.2) is 5.96 Å². The molecule has 0 aromatic heterocycles. The van der Waals surface area contributed by atoms with Crippen molar-refractivity contribution >= 4 is 16.0 Å². The molecule has 0 saturated carbocycles. The lowest BCUT2D eigenvalue weighted by molar-refractivity contribution is 0.114. The first-order valence-electron chi connectivity index (χ1n) is 9.85. The molecule has 162 valence electrons. The zero-order valence-electron chi connectivity index (χ0n) is 16.9. The van der Waals surface area contributed by atoms with E-state index in [0.29, 0.717) is 32.2 Å². The van der Waals surface area contributed by atoms with Crippen molar-refractivity contribution < 1.29 is 17.5 Å². The number of rotatable bonds is 8. The van der Waals surface area contributed by atoms with Crippen LogP contribution in [0.4, 0.5) is 4.39 Å². The van der Waals surface area contributed by atoms with E-state index in [1.54, 1.807) is 43.4 Å². The first-order valence-corrected chi connectivity index (χ1v) is 11.3. The van der Waals surface area contributed by atoms with Crippen molar-refractivity contribution in [2.24, 2.45) is 4.99 Å². The lowest BCUT2D eigenvalue weighted by Crippen LogP contribution is -2.36. The standard InChI is InChI=1S/C21H27FN4O3S/c1-23-21(24-13-16-4-8-18(22)9-5-16)25-14-17-6-10-20(11-7-17)30(27,28)26-15-19-3-2-12-29-19/h4-11,19,26H,2-3,12-15H2,1H3,(H2,23,24,25). The molecule has 1 fully saturated rings. The van der Waals surface area contributed by atoms with E-state index in [1.165, 1.54) is 12.1 Å². The van der Waals surface area contributed by atoms with Gasteiger partial charge >= 0.3 is 0 Å². The molecule has 1 aliphatic rings. The summed E-state index contributed by atoms with van der Waals surface area (Å²) in [6.45, 7) is 1.97. The predicted octanol–water partition coefficient (Wildman–Crippen LogP) is 2.15. The van der Waals surface area contributed by atoms with E-state index in [9.17, 15) is 12.8 Å². The molecule has 1 atom stereocenters. The van der Waals surface area contributed by atoms with Gasteiger partial charge < -0.3 is 15.4 Å². The Kier molecular flexibility index (Phi) is 7.78. The smallest absolute Gasteiger partial charge is 0.240 e. The highest BCUT2D eigenvalue weighted by molar-refractivity contribution is 7.89. The van der Waals surface area contributed by atoms with Crippen molar-refractivity contribution in [2.45, 2.75) is 36.9 Å². The van der Waals surface area contributed by atoms with Crippen LogP contribution < -0.4 is 15.4 Å². The third-order valence-corrected chi connectivity index (χ3v) is 6.25. The number of guanidine groups is 1. The monoisotopic (exact) mass is 434 g/mol. The molecule has 1 heterocycles. The summed E-state index contributed by atoms with van der Waals surface area (Å²) in [5.74, 6) is 0.322. The van der Waals surface area contributed by atoms with Gasteiger partial charge in [0.25, 0.3) is 0 Å². The molecule has 9 heteroatoms. The van der Waals surface area contributed by atoms with E-state index in [1.807, 2.05) is 0 Å². The molecule has 3 N–H and O–H groups in total. The number of aliphatic imine (C=N–C) groups is 1. The fourth-order valence-corrected chi connectivity index (χ4v) is 4.14. The molecule has 2 aromatic rings. The largest absolute Gasteiger partial charge is 0.377 e. The van der Waals surface area contributed by atoms with Crippen molar-refractivity contribution in [3.8, 4) is 0 Å². The van der Waals surface area contributed by atoms with Gasteiger partial charge in [-0.3, -0.25) is 4.99 Å². The fraction of sp³-hybridized carbons (Fsp3) is 0.381. The van der Waals surface area contributed by atoms with Crippen LogP contribution >= 0.6 is 0 Å². The van der Waals surface area contributed by atoms with E-state index in [4.69, 9.17) is 4.74 Å². The summed E-state index contributed by atoms with van der Waals surface area (Å²) in [6.07, 6.45) is 1.80. The third-order valence-electron chi connectivity index (χ3n) is 4.82. The van der Waals surface area contributed by atoms with Gasteiger partial charge in [0.05, 0.1) is 11.0 Å². The molecule has 0 spiro atoms. The summed E-state index contributed by atoms with van der Waals surface area (Å²) in [7, 11) is -1.89. The molecule has 3 rings (SSSR count). The van der Waals surface area contributed by atoms with Crippen LogP contribution in [0.1, 0.15) is 24.0 Å². The van der Waals surface area contributed by atoms with Gasteiger partial charge in [0.2, 0.25) is 10.0 Å². The van der Waals surface area contributed by atoms with Crippen molar-refractivity contribution in [1.29, 1.82) is 0 Å². The van der Waals surface area contributed by atoms with E-state index >= 15 is 0 Å². The maximum atomic E-state index is 13.0. The van der Waals surface area contributed by atoms with E-state index in [-0.39, 0.29) is 16.8 Å². The minimum atomic E-state index is -3.56. The lowest BCUT2D eigenvalue weighted by Gasteiger charge is -2.13. The summed E-state index contributed by atoms with van der Waals surface area (Å²) in [4.78, 5) is 4.38. The quantitative estimate of drug-likeness (QED) is 0.437. The van der Waals surface area contributed by atoms with Crippen molar-refractivity contribution in [3.05, 3.63) is 65.5 Å². The van der Waals surface area contributed by atoms with Crippen LogP contribution in [0.3, 0.4) is 0 Å². The summed E-state index contributed by atoms with van der Waals surface area (Å²) in [6, 6.07) is 13.0. The molecule has 2 aromatic carbocycles. The maximum absolute atomic E-state index is 13.0. The number of benzene rings is 2. The molecular weight excluding hydrogens is 407 g/mol. The van der Waals surface area contributed by atoms with Crippen molar-refractivity contribution in [3.63, 3.8) is 0 Å². The molecular formula is C21H27FN4O3S. The first-order chi connectivity index (χ1) is 14.5. The Labute approximate surface area is 176 Å². The molecule has 1 saturated heterocycles. The molecule has 1 aliphatic heterocycles. The fourth-order valence-electron chi connectivity index (χ4n) is 3.07. The Bertz CT molecular complexity index is 941. The number of hydrogen-bond acceptors (Lipinski definition) is 4. The zero-order chi connectivity index (χ0) is 21.4. The van der Waals surface area contributed by atoms with Crippen molar-refractivity contribution in [1.82, 2.24) is 15.4 Å². The van der Waals surface area contributed by atoms with Crippen LogP contribution in [0.15, 0.2) is 58.4 Å². The Morgan fingerprint density at radius 1 is 1.07 bits per heavy atom. The van der Waals surface area contributed by atoms with E-state index in [2.05, 4.69) is 20.3 Å². The molecule has 30 heavy (non-hydrogen) atoms. The van der Waals surface area contributed by atoms with Crippen LogP contribution in [0, 0.1) is 5.82 Å². The second kappa shape index (κ2) is 10.5. The molecule has 1 unspecified atom stereocenters. The lowest BCUT2D eigenvalue weighted by atomic mass is 10.2. The van der Waals surface area contributed by atoms with Gasteiger partial charge in [-0.25, -0.2) is 17.5 Å². The number of ether oxygens (including phenoxy) is 1. The Morgan fingerprint density at radius 3 is 2.20 bits per heavy atom. The predicted molar refractivity (Wildman–Crippen MR) is 114 cm³/mol. The first kappa shape index (κ1) is 22.2. The van der Waals surface area contributed by atoms with Crippen LogP contribution in [-0.4, -0.2) is 40.7 Å². The van der Waals surface area contributed by atoms with Gasteiger partial charge in [0, 0.05) is 33.3 Å². The van der Waals surface area contributed by atoms with Crippen LogP contribution in [0.2, 0.25) is 0 Å². The van der Waals surface area contributed by atoms with Gasteiger partial charge in [0.1, 0.15) is 5.82 Å².